The van der Waals surface area contributed by atoms with Crippen LogP contribution in [0.5, 0.6) is 5.75 Å². The van der Waals surface area contributed by atoms with Crippen LogP contribution in [-0.2, 0) is 11.0 Å². The van der Waals surface area contributed by atoms with Gasteiger partial charge in [0.15, 0.2) is 0 Å². The van der Waals surface area contributed by atoms with Gasteiger partial charge in [0, 0.05) is 5.69 Å². The van der Waals surface area contributed by atoms with Crippen molar-refractivity contribution in [2.75, 3.05) is 12.9 Å². The number of nitrogens with zero attached hydrogens (tertiary/aromatic N) is 2. The van der Waals surface area contributed by atoms with Crippen LogP contribution < -0.4 is 10.1 Å². The van der Waals surface area contributed by atoms with Crippen molar-refractivity contribution in [2.45, 2.75) is 38.0 Å². The van der Waals surface area contributed by atoms with Crippen LogP contribution in [0.1, 0.15) is 42.3 Å². The minimum absolute atomic E-state index is 0.0796. The summed E-state index contributed by atoms with van der Waals surface area (Å²) in [5, 5.41) is 12.0. The van der Waals surface area contributed by atoms with E-state index < -0.39 is 17.3 Å². The molecule has 5 nitrogen and oxygen atoms in total. The maximum Gasteiger partial charge on any atom is 0.417 e. The number of carbonyl (C=O) groups is 1. The molecule has 1 N–H and O–H groups in total. The zero-order chi connectivity index (χ0) is 22.5. The van der Waals surface area contributed by atoms with Crippen LogP contribution in [0.2, 0.25) is 0 Å². The molecule has 9 heteroatoms. The molecule has 0 radical (unpaired) electrons. The summed E-state index contributed by atoms with van der Waals surface area (Å²) in [6.07, 6.45) is -4.67. The molecule has 160 valence electrons. The van der Waals surface area contributed by atoms with Gasteiger partial charge >= 0.3 is 6.18 Å². The maximum absolute atomic E-state index is 13.2. The Hall–Kier alpha value is -2.73. The second-order valence-corrected chi connectivity index (χ2v) is 7.92. The largest absolute Gasteiger partial charge is 0.497 e. The summed E-state index contributed by atoms with van der Waals surface area (Å²) in [6, 6.07) is 9.41. The second-order valence-electron chi connectivity index (χ2n) is 6.95. The minimum atomic E-state index is -4.67. The Balaban J connectivity index is 2.16. The van der Waals surface area contributed by atoms with Crippen LogP contribution in [0.25, 0.3) is 0 Å². The molecule has 30 heavy (non-hydrogen) atoms. The smallest absolute Gasteiger partial charge is 0.417 e. The Morgan fingerprint density at radius 3 is 2.43 bits per heavy atom. The molecule has 1 aromatic carbocycles. The van der Waals surface area contributed by atoms with Crippen LogP contribution in [0.15, 0.2) is 35.4 Å². The highest BCUT2D eigenvalue weighted by Gasteiger charge is 2.35. The molecule has 1 atom stereocenters. The normalized spacial score (nSPS) is 12.4. The van der Waals surface area contributed by atoms with Gasteiger partial charge in [0.05, 0.1) is 30.0 Å². The number of alkyl halides is 3. The molecule has 0 fully saturated rings. The molecule has 2 aromatic rings. The van der Waals surface area contributed by atoms with Crippen molar-refractivity contribution in [3.63, 3.8) is 0 Å². The Morgan fingerprint density at radius 2 is 1.93 bits per heavy atom. The number of thioether (sulfide) groups is 1. The van der Waals surface area contributed by atoms with Crippen molar-refractivity contribution in [1.29, 1.82) is 5.26 Å². The van der Waals surface area contributed by atoms with E-state index in [4.69, 9.17) is 4.74 Å². The van der Waals surface area contributed by atoms with Gasteiger partial charge in [-0.3, -0.25) is 4.79 Å². The van der Waals surface area contributed by atoms with Crippen molar-refractivity contribution in [1.82, 2.24) is 10.3 Å². The first kappa shape index (κ1) is 23.5. The van der Waals surface area contributed by atoms with Gasteiger partial charge in [0.25, 0.3) is 0 Å². The third-order valence-corrected chi connectivity index (χ3v) is 5.30. The van der Waals surface area contributed by atoms with Crippen molar-refractivity contribution in [2.24, 2.45) is 5.92 Å². The summed E-state index contributed by atoms with van der Waals surface area (Å²) < 4.78 is 44.8. The van der Waals surface area contributed by atoms with E-state index in [0.29, 0.717) is 5.75 Å². The number of aromatic nitrogens is 1. The number of hydrogen-bond donors (Lipinski definition) is 1. The number of halogens is 3. The van der Waals surface area contributed by atoms with Gasteiger partial charge in [0.2, 0.25) is 5.91 Å². The maximum atomic E-state index is 13.2. The number of nitrogens with one attached hydrogen (secondary N) is 1. The molecule has 1 heterocycles. The van der Waals surface area contributed by atoms with Crippen molar-refractivity contribution in [3.05, 3.63) is 52.7 Å². The number of nitriles is 1. The fourth-order valence-corrected chi connectivity index (χ4v) is 3.74. The Kier molecular flexibility index (Phi) is 7.73. The number of rotatable bonds is 7. The number of amides is 1. The van der Waals surface area contributed by atoms with Gasteiger partial charge < -0.3 is 10.1 Å². The van der Waals surface area contributed by atoms with E-state index in [-0.39, 0.29) is 34.3 Å². The molecule has 0 saturated heterocycles. The third-order valence-electron chi connectivity index (χ3n) is 4.33. The number of ether oxygens (including phenoxy) is 1. The number of methoxy groups -OCH3 is 1. The van der Waals surface area contributed by atoms with E-state index in [1.54, 1.807) is 25.3 Å². The number of benzene rings is 1. The molecule has 0 bridgehead atoms. The first-order valence-corrected chi connectivity index (χ1v) is 10.1. The summed E-state index contributed by atoms with van der Waals surface area (Å²) in [7, 11) is 1.56. The highest BCUT2D eigenvalue weighted by molar-refractivity contribution is 8.00. The van der Waals surface area contributed by atoms with Gasteiger partial charge in [0.1, 0.15) is 16.8 Å². The lowest BCUT2D eigenvalue weighted by atomic mass is 9.96. The first-order valence-electron chi connectivity index (χ1n) is 9.11. The lowest BCUT2D eigenvalue weighted by Gasteiger charge is -2.23. The van der Waals surface area contributed by atoms with Gasteiger partial charge in [-0.25, -0.2) is 4.98 Å². The average molecular weight is 437 g/mol. The monoisotopic (exact) mass is 437 g/mol. The van der Waals surface area contributed by atoms with Gasteiger partial charge in [-0.15, -0.1) is 0 Å². The Morgan fingerprint density at radius 1 is 1.30 bits per heavy atom. The summed E-state index contributed by atoms with van der Waals surface area (Å²) in [6.45, 7) is 5.32. The SMILES string of the molecule is COc1ccc(C(NC(=O)CSc2nc(C)cc(C(F)(F)F)c2C#N)C(C)C)cc1. The van der Waals surface area contributed by atoms with Crippen LogP contribution in [0.4, 0.5) is 13.2 Å². The molecular formula is C21H22F3N3O2S. The van der Waals surface area contributed by atoms with E-state index in [1.165, 1.54) is 6.92 Å². The topological polar surface area (TPSA) is 75.0 Å². The summed E-state index contributed by atoms with van der Waals surface area (Å²) in [5.74, 6) is 0.242. The van der Waals surface area contributed by atoms with Crippen LogP contribution in [0, 0.1) is 24.2 Å². The molecule has 0 aliphatic heterocycles. The van der Waals surface area contributed by atoms with E-state index in [1.807, 2.05) is 26.0 Å². The fraction of sp³-hybridized carbons (Fsp3) is 0.381. The molecular weight excluding hydrogens is 415 g/mol. The molecule has 1 unspecified atom stereocenters. The van der Waals surface area contributed by atoms with Crippen molar-refractivity contribution in [3.8, 4) is 11.8 Å². The fourth-order valence-electron chi connectivity index (χ4n) is 2.88. The highest BCUT2D eigenvalue weighted by Crippen LogP contribution is 2.36. The predicted octanol–water partition coefficient (Wildman–Crippen LogP) is 4.89. The van der Waals surface area contributed by atoms with Crippen LogP contribution in [0.3, 0.4) is 0 Å². The van der Waals surface area contributed by atoms with Crippen molar-refractivity contribution < 1.29 is 22.7 Å². The van der Waals surface area contributed by atoms with Gasteiger partial charge in [-0.2, -0.15) is 18.4 Å². The van der Waals surface area contributed by atoms with Gasteiger partial charge in [-0.1, -0.05) is 37.7 Å². The third kappa shape index (κ3) is 5.89. The van der Waals surface area contributed by atoms with Crippen LogP contribution >= 0.6 is 11.8 Å². The van der Waals surface area contributed by atoms with Crippen LogP contribution in [-0.4, -0.2) is 23.8 Å². The first-order chi connectivity index (χ1) is 14.1. The Labute approximate surface area is 177 Å². The second kappa shape index (κ2) is 9.85. The zero-order valence-electron chi connectivity index (χ0n) is 17.0. The lowest BCUT2D eigenvalue weighted by molar-refractivity contribution is -0.138. The summed E-state index contributed by atoms with van der Waals surface area (Å²) in [5.41, 5.74) is -0.599. The molecule has 0 saturated carbocycles. The molecule has 1 aromatic heterocycles. The van der Waals surface area contributed by atoms with Crippen molar-refractivity contribution >= 4 is 17.7 Å². The predicted molar refractivity (Wildman–Crippen MR) is 108 cm³/mol. The van der Waals surface area contributed by atoms with E-state index >= 15 is 0 Å². The van der Waals surface area contributed by atoms with E-state index in [0.717, 1.165) is 23.4 Å². The number of carbonyl (C=O) groups excluding carboxylic acids is 1. The lowest BCUT2D eigenvalue weighted by Crippen LogP contribution is -2.33. The zero-order valence-corrected chi connectivity index (χ0v) is 17.8. The van der Waals surface area contributed by atoms with E-state index in [2.05, 4.69) is 10.3 Å². The highest BCUT2D eigenvalue weighted by atomic mass is 32.2. The minimum Gasteiger partial charge on any atom is -0.497 e. The molecule has 0 aliphatic rings. The molecule has 1 amide bonds. The number of pyridine rings is 1. The molecule has 0 spiro atoms. The molecule has 2 rings (SSSR count). The Bertz CT molecular complexity index is 938. The molecule has 0 aliphatic carbocycles. The average Bonchev–Trinajstić information content (AvgIpc) is 2.69. The van der Waals surface area contributed by atoms with E-state index in [9.17, 15) is 23.2 Å². The number of aryl methyl sites for hydroxylation is 1. The summed E-state index contributed by atoms with van der Waals surface area (Å²) in [4.78, 5) is 16.5. The quantitative estimate of drug-likeness (QED) is 0.624. The van der Waals surface area contributed by atoms with Gasteiger partial charge in [-0.05, 0) is 36.6 Å². The number of hydrogen-bond acceptors (Lipinski definition) is 5. The summed E-state index contributed by atoms with van der Waals surface area (Å²) >= 11 is 0.813. The standard InChI is InChI=1S/C21H22F3N3O2S/c1-12(2)19(14-5-7-15(29-4)8-6-14)27-18(28)11-30-20-16(10-25)17(21(22,23)24)9-13(3)26-20/h5-9,12,19H,11H2,1-4H3,(H,27,28).